The quantitative estimate of drug-likeness (QED) is 0.448. The van der Waals surface area contributed by atoms with E-state index in [2.05, 4.69) is 76.4 Å². The monoisotopic (exact) mass is 473 g/mol. The molecule has 0 spiro atoms. The lowest BCUT2D eigenvalue weighted by molar-refractivity contribution is -0.121. The van der Waals surface area contributed by atoms with Crippen LogP contribution in [0, 0.1) is 17.2 Å². The second kappa shape index (κ2) is 11.8. The third-order valence-electron chi connectivity index (χ3n) is 6.11. The number of hydrogen-bond donors (Lipinski definition) is 2. The molecule has 6 nitrogen and oxygen atoms in total. The molecule has 0 bridgehead atoms. The highest BCUT2D eigenvalue weighted by atomic mass is 32.1. The van der Waals surface area contributed by atoms with Crippen LogP contribution in [0.1, 0.15) is 25.3 Å². The number of carbonyl (C=O) groups is 1. The molecule has 1 aliphatic heterocycles. The lowest BCUT2D eigenvalue weighted by atomic mass is 9.93. The van der Waals surface area contributed by atoms with Gasteiger partial charge in [-0.05, 0) is 41.5 Å². The number of nitriles is 1. The molecule has 1 aromatic heterocycles. The van der Waals surface area contributed by atoms with Crippen molar-refractivity contribution in [3.63, 3.8) is 0 Å². The van der Waals surface area contributed by atoms with Crippen LogP contribution in [0.4, 0.5) is 5.13 Å². The second-order valence-electron chi connectivity index (χ2n) is 8.82. The van der Waals surface area contributed by atoms with Crippen molar-refractivity contribution in [3.8, 4) is 28.5 Å². The first kappa shape index (κ1) is 23.9. The lowest BCUT2D eigenvalue weighted by Gasteiger charge is -2.26. The summed E-state index contributed by atoms with van der Waals surface area (Å²) in [6, 6.07) is 19.2. The van der Waals surface area contributed by atoms with Crippen molar-refractivity contribution >= 4 is 22.4 Å². The van der Waals surface area contributed by atoms with Gasteiger partial charge in [-0.2, -0.15) is 5.26 Å². The summed E-state index contributed by atoms with van der Waals surface area (Å²) >= 11 is 1.72. The van der Waals surface area contributed by atoms with Gasteiger partial charge in [-0.1, -0.05) is 49.4 Å². The van der Waals surface area contributed by atoms with Crippen LogP contribution in [0.3, 0.4) is 0 Å². The topological polar surface area (TPSA) is 81.0 Å². The predicted octanol–water partition coefficient (Wildman–Crippen LogP) is 4.49. The Morgan fingerprint density at radius 3 is 2.71 bits per heavy atom. The van der Waals surface area contributed by atoms with E-state index in [1.54, 1.807) is 11.3 Å². The molecule has 3 aromatic rings. The molecule has 2 aromatic carbocycles. The maximum atomic E-state index is 11.8. The van der Waals surface area contributed by atoms with Crippen LogP contribution in [0.15, 0.2) is 53.9 Å². The molecule has 1 aliphatic rings. The van der Waals surface area contributed by atoms with Gasteiger partial charge in [-0.25, -0.2) is 4.98 Å². The SMILES string of the molecule is CC(CCC(=O)NCC#N)Cc1cccc(-c2cccc(-c3csc(N4CCNCC4)n3)c2)c1. The summed E-state index contributed by atoms with van der Waals surface area (Å²) in [6.45, 7) is 6.27. The molecule has 2 N–H and O–H groups in total. The van der Waals surface area contributed by atoms with E-state index in [0.717, 1.165) is 55.4 Å². The van der Waals surface area contributed by atoms with Crippen molar-refractivity contribution in [2.45, 2.75) is 26.2 Å². The fourth-order valence-corrected chi connectivity index (χ4v) is 5.13. The zero-order chi connectivity index (χ0) is 23.8. The Morgan fingerprint density at radius 1 is 1.18 bits per heavy atom. The molecule has 176 valence electrons. The van der Waals surface area contributed by atoms with Gasteiger partial charge in [-0.3, -0.25) is 4.79 Å². The van der Waals surface area contributed by atoms with Crippen molar-refractivity contribution in [2.75, 3.05) is 37.6 Å². The third kappa shape index (κ3) is 6.43. The second-order valence-corrected chi connectivity index (χ2v) is 9.65. The molecule has 7 heteroatoms. The van der Waals surface area contributed by atoms with Crippen molar-refractivity contribution in [3.05, 3.63) is 59.5 Å². The van der Waals surface area contributed by atoms with Crippen LogP contribution < -0.4 is 15.5 Å². The van der Waals surface area contributed by atoms with Gasteiger partial charge in [0.1, 0.15) is 6.54 Å². The van der Waals surface area contributed by atoms with Crippen molar-refractivity contribution < 1.29 is 4.79 Å². The van der Waals surface area contributed by atoms with E-state index in [-0.39, 0.29) is 12.5 Å². The molecular formula is C27H31N5OS. The summed E-state index contributed by atoms with van der Waals surface area (Å²) in [7, 11) is 0. The Labute approximate surface area is 205 Å². The van der Waals surface area contributed by atoms with Crippen LogP contribution in [0.5, 0.6) is 0 Å². The van der Waals surface area contributed by atoms with E-state index in [1.165, 1.54) is 16.7 Å². The third-order valence-corrected chi connectivity index (χ3v) is 7.01. The van der Waals surface area contributed by atoms with E-state index in [1.807, 2.05) is 6.07 Å². The number of anilines is 1. The molecule has 34 heavy (non-hydrogen) atoms. The lowest BCUT2D eigenvalue weighted by Crippen LogP contribution is -2.43. The first-order valence-electron chi connectivity index (χ1n) is 11.9. The van der Waals surface area contributed by atoms with E-state index < -0.39 is 0 Å². The molecule has 0 saturated carbocycles. The number of hydrogen-bond acceptors (Lipinski definition) is 6. The molecule has 1 amide bonds. The Bertz CT molecular complexity index is 1150. The summed E-state index contributed by atoms with van der Waals surface area (Å²) in [5, 5.41) is 17.8. The maximum Gasteiger partial charge on any atom is 0.220 e. The molecular weight excluding hydrogens is 442 g/mol. The zero-order valence-electron chi connectivity index (χ0n) is 19.6. The fraction of sp³-hybridized carbons (Fsp3) is 0.370. The Balaban J connectivity index is 1.42. The fourth-order valence-electron chi connectivity index (χ4n) is 4.24. The van der Waals surface area contributed by atoms with E-state index in [9.17, 15) is 4.79 Å². The molecule has 1 unspecified atom stereocenters. The average molecular weight is 474 g/mol. The largest absolute Gasteiger partial charge is 0.346 e. The highest BCUT2D eigenvalue weighted by Gasteiger charge is 2.15. The number of piperazine rings is 1. The number of benzene rings is 2. The highest BCUT2D eigenvalue weighted by Crippen LogP contribution is 2.31. The molecule has 1 saturated heterocycles. The van der Waals surface area contributed by atoms with Gasteiger partial charge in [0.05, 0.1) is 11.8 Å². The molecule has 0 aliphatic carbocycles. The van der Waals surface area contributed by atoms with Gasteiger partial charge in [0.2, 0.25) is 5.91 Å². The van der Waals surface area contributed by atoms with Gasteiger partial charge < -0.3 is 15.5 Å². The summed E-state index contributed by atoms with van der Waals surface area (Å²) in [6.07, 6.45) is 2.17. The normalized spacial score (nSPS) is 14.4. The number of rotatable bonds is 9. The molecule has 1 fully saturated rings. The van der Waals surface area contributed by atoms with Gasteiger partial charge in [0.25, 0.3) is 0 Å². The van der Waals surface area contributed by atoms with Crippen LogP contribution in [-0.4, -0.2) is 43.6 Å². The van der Waals surface area contributed by atoms with Crippen LogP contribution in [0.25, 0.3) is 22.4 Å². The van der Waals surface area contributed by atoms with E-state index in [0.29, 0.717) is 12.3 Å². The van der Waals surface area contributed by atoms with Crippen LogP contribution in [0.2, 0.25) is 0 Å². The minimum atomic E-state index is -0.0545. The minimum Gasteiger partial charge on any atom is -0.346 e. The average Bonchev–Trinajstić information content (AvgIpc) is 3.38. The van der Waals surface area contributed by atoms with Gasteiger partial charge >= 0.3 is 0 Å². The van der Waals surface area contributed by atoms with Crippen LogP contribution in [-0.2, 0) is 11.2 Å². The standard InChI is InChI=1S/C27H31N5OS/c1-20(8-9-26(33)30-11-10-28)16-21-4-2-5-22(17-21)23-6-3-7-24(18-23)25-19-34-27(31-25)32-14-12-29-13-15-32/h2-7,17-20,29H,8-9,11-16H2,1H3,(H,30,33). The summed E-state index contributed by atoms with van der Waals surface area (Å²) in [5.41, 5.74) is 5.80. The summed E-state index contributed by atoms with van der Waals surface area (Å²) in [5.74, 6) is 0.328. The number of thiazole rings is 1. The molecule has 4 rings (SSSR count). The van der Waals surface area contributed by atoms with Gasteiger partial charge in [-0.15, -0.1) is 11.3 Å². The number of amides is 1. The Morgan fingerprint density at radius 2 is 1.91 bits per heavy atom. The van der Waals surface area contributed by atoms with Gasteiger partial charge in [0, 0.05) is 43.5 Å². The van der Waals surface area contributed by atoms with Crippen LogP contribution >= 0.6 is 11.3 Å². The zero-order valence-corrected chi connectivity index (χ0v) is 20.4. The van der Waals surface area contributed by atoms with Crippen molar-refractivity contribution in [2.24, 2.45) is 5.92 Å². The molecule has 2 heterocycles. The van der Waals surface area contributed by atoms with E-state index >= 15 is 0 Å². The number of carbonyl (C=O) groups excluding carboxylic acids is 1. The maximum absolute atomic E-state index is 11.8. The molecule has 0 radical (unpaired) electrons. The minimum absolute atomic E-state index is 0.0545. The Kier molecular flexibility index (Phi) is 8.29. The summed E-state index contributed by atoms with van der Waals surface area (Å²) < 4.78 is 0. The van der Waals surface area contributed by atoms with Gasteiger partial charge in [0.15, 0.2) is 5.13 Å². The first-order chi connectivity index (χ1) is 16.6. The van der Waals surface area contributed by atoms with Crippen molar-refractivity contribution in [1.29, 1.82) is 5.26 Å². The molecule has 1 atom stereocenters. The highest BCUT2D eigenvalue weighted by molar-refractivity contribution is 7.14. The predicted molar refractivity (Wildman–Crippen MR) is 139 cm³/mol. The number of nitrogens with zero attached hydrogens (tertiary/aromatic N) is 3. The number of aromatic nitrogens is 1. The smallest absolute Gasteiger partial charge is 0.220 e. The van der Waals surface area contributed by atoms with E-state index in [4.69, 9.17) is 10.2 Å². The first-order valence-corrected chi connectivity index (χ1v) is 12.7. The van der Waals surface area contributed by atoms with Crippen molar-refractivity contribution in [1.82, 2.24) is 15.6 Å². The number of nitrogens with one attached hydrogen (secondary N) is 2. The summed E-state index contributed by atoms with van der Waals surface area (Å²) in [4.78, 5) is 19.0. The Hall–Kier alpha value is -3.21.